The Morgan fingerprint density at radius 1 is 1.14 bits per heavy atom. The van der Waals surface area contributed by atoms with E-state index in [0.717, 1.165) is 11.8 Å². The van der Waals surface area contributed by atoms with Crippen LogP contribution in [0.1, 0.15) is 21.6 Å². The summed E-state index contributed by atoms with van der Waals surface area (Å²) in [5, 5.41) is 2.21. The first kappa shape index (κ1) is 22.9. The third kappa shape index (κ3) is 5.81. The molecule has 0 aliphatic heterocycles. The van der Waals surface area contributed by atoms with Crippen LogP contribution < -0.4 is 0 Å². The number of sulfone groups is 1. The fraction of sp³-hybridized carbons (Fsp3) is 0.111. The van der Waals surface area contributed by atoms with Crippen LogP contribution in [0.25, 0.3) is 0 Å². The maximum Gasteiger partial charge on any atom is 0.212 e. The average Bonchev–Trinajstić information content (AvgIpc) is 3.13. The second-order valence-electron chi connectivity index (χ2n) is 5.53. The summed E-state index contributed by atoms with van der Waals surface area (Å²) in [4.78, 5) is 18.5. The summed E-state index contributed by atoms with van der Waals surface area (Å²) in [6, 6.07) is 9.87. The monoisotopic (exact) mass is 522 g/mol. The lowest BCUT2D eigenvalue weighted by molar-refractivity contribution is 0.103. The van der Waals surface area contributed by atoms with Gasteiger partial charge in [-0.1, -0.05) is 56.8 Å². The van der Waals surface area contributed by atoms with Gasteiger partial charge in [-0.2, -0.15) is 0 Å². The minimum Gasteiger partial charge on any atom is -0.357 e. The number of alkyl halides is 1. The van der Waals surface area contributed by atoms with E-state index in [1.165, 1.54) is 24.5 Å². The van der Waals surface area contributed by atoms with Crippen molar-refractivity contribution in [2.75, 3.05) is 6.26 Å². The molecule has 148 valence electrons. The normalized spacial score (nSPS) is 10.9. The van der Waals surface area contributed by atoms with Crippen molar-refractivity contribution in [1.82, 2.24) is 9.97 Å². The number of nitrogens with zero attached hydrogens (tertiary/aromatic N) is 1. The van der Waals surface area contributed by atoms with Gasteiger partial charge in [0.25, 0.3) is 0 Å². The fourth-order valence-corrected chi connectivity index (χ4v) is 4.35. The smallest absolute Gasteiger partial charge is 0.212 e. The number of hydrogen-bond donors (Lipinski definition) is 1. The second kappa shape index (κ2) is 9.89. The van der Waals surface area contributed by atoms with Gasteiger partial charge in [-0.25, -0.2) is 13.4 Å². The van der Waals surface area contributed by atoms with Crippen LogP contribution in [-0.2, 0) is 15.2 Å². The number of H-pyrrole nitrogens is 1. The summed E-state index contributed by atoms with van der Waals surface area (Å²) in [6.45, 7) is 0. The standard InChI is InChI=1S/C11H9ClN2O3S.C7H5BrCl2/c1-18(16,17)7-5-9(14-6-7)10(15)8-3-2-4-13-11(8)12;8-4-5-6(9)2-1-3-7(5)10/h2-6,14H,1H3;1-3H,4H2. The third-order valence-corrected chi connectivity index (χ3v) is 6.19. The topological polar surface area (TPSA) is 79.9 Å². The van der Waals surface area contributed by atoms with E-state index in [9.17, 15) is 13.2 Å². The van der Waals surface area contributed by atoms with Gasteiger partial charge in [0.15, 0.2) is 9.84 Å². The Hall–Kier alpha value is -1.38. The Morgan fingerprint density at radius 3 is 2.25 bits per heavy atom. The minimum absolute atomic E-state index is 0.0610. The van der Waals surface area contributed by atoms with E-state index in [1.807, 2.05) is 18.2 Å². The van der Waals surface area contributed by atoms with Gasteiger partial charge in [0, 0.05) is 34.0 Å². The van der Waals surface area contributed by atoms with Crippen molar-refractivity contribution < 1.29 is 13.2 Å². The molecule has 2 aromatic heterocycles. The van der Waals surface area contributed by atoms with E-state index >= 15 is 0 Å². The first-order chi connectivity index (χ1) is 13.1. The van der Waals surface area contributed by atoms with Crippen LogP contribution >= 0.6 is 50.7 Å². The van der Waals surface area contributed by atoms with Crippen molar-refractivity contribution in [3.8, 4) is 0 Å². The van der Waals surface area contributed by atoms with E-state index in [0.29, 0.717) is 15.4 Å². The molecule has 2 heterocycles. The van der Waals surface area contributed by atoms with Crippen molar-refractivity contribution in [2.45, 2.75) is 10.2 Å². The molecule has 0 aliphatic rings. The van der Waals surface area contributed by atoms with Gasteiger partial charge in [0.2, 0.25) is 5.78 Å². The number of aromatic nitrogens is 2. The van der Waals surface area contributed by atoms with Crippen molar-refractivity contribution in [1.29, 1.82) is 0 Å². The SMILES string of the molecule is CS(=O)(=O)c1c[nH]c(C(=O)c2cccnc2Cl)c1.Clc1cccc(Cl)c1CBr. The number of aromatic amines is 1. The van der Waals surface area contributed by atoms with Crippen LogP contribution in [0.3, 0.4) is 0 Å². The van der Waals surface area contributed by atoms with Gasteiger partial charge in [0.05, 0.1) is 16.2 Å². The highest BCUT2D eigenvalue weighted by Crippen LogP contribution is 2.25. The third-order valence-electron chi connectivity index (χ3n) is 3.53. The molecule has 5 nitrogen and oxygen atoms in total. The number of pyridine rings is 1. The summed E-state index contributed by atoms with van der Waals surface area (Å²) in [5.41, 5.74) is 1.33. The predicted octanol–water partition coefficient (Wildman–Crippen LogP) is 5.59. The lowest BCUT2D eigenvalue weighted by Gasteiger charge is -2.00. The van der Waals surface area contributed by atoms with Gasteiger partial charge in [-0.05, 0) is 35.9 Å². The summed E-state index contributed by atoms with van der Waals surface area (Å²) < 4.78 is 22.6. The predicted molar refractivity (Wildman–Crippen MR) is 116 cm³/mol. The van der Waals surface area contributed by atoms with Crippen LogP contribution in [0, 0.1) is 0 Å². The minimum atomic E-state index is -3.34. The number of rotatable bonds is 4. The Labute approximate surface area is 186 Å². The summed E-state index contributed by atoms with van der Waals surface area (Å²) in [7, 11) is -3.34. The van der Waals surface area contributed by atoms with Crippen LogP contribution in [0.15, 0.2) is 53.7 Å². The molecule has 0 saturated carbocycles. The zero-order chi connectivity index (χ0) is 20.9. The molecular weight excluding hydrogens is 511 g/mol. The van der Waals surface area contributed by atoms with E-state index in [4.69, 9.17) is 34.8 Å². The quantitative estimate of drug-likeness (QED) is 0.274. The van der Waals surface area contributed by atoms with Crippen molar-refractivity contribution >= 4 is 66.4 Å². The first-order valence-corrected chi connectivity index (χ1v) is 11.8. The van der Waals surface area contributed by atoms with Gasteiger partial charge in [-0.3, -0.25) is 4.79 Å². The largest absolute Gasteiger partial charge is 0.357 e. The molecule has 1 aromatic carbocycles. The van der Waals surface area contributed by atoms with E-state index in [-0.39, 0.29) is 21.3 Å². The van der Waals surface area contributed by atoms with Gasteiger partial charge >= 0.3 is 0 Å². The number of carbonyl (C=O) groups excluding carboxylic acids is 1. The summed E-state index contributed by atoms with van der Waals surface area (Å²) >= 11 is 20.7. The lowest BCUT2D eigenvalue weighted by atomic mass is 10.1. The zero-order valence-corrected chi connectivity index (χ0v) is 19.1. The Balaban J connectivity index is 0.000000237. The van der Waals surface area contributed by atoms with Crippen LogP contribution in [0.2, 0.25) is 15.2 Å². The maximum absolute atomic E-state index is 12.1. The van der Waals surface area contributed by atoms with E-state index < -0.39 is 15.6 Å². The molecule has 0 aliphatic carbocycles. The van der Waals surface area contributed by atoms with Crippen molar-refractivity contribution in [3.63, 3.8) is 0 Å². The highest BCUT2D eigenvalue weighted by molar-refractivity contribution is 9.08. The molecule has 1 N–H and O–H groups in total. The molecule has 0 saturated heterocycles. The number of nitrogens with one attached hydrogen (secondary N) is 1. The van der Waals surface area contributed by atoms with Gasteiger partial charge in [-0.15, -0.1) is 0 Å². The lowest BCUT2D eigenvalue weighted by Crippen LogP contribution is -2.03. The van der Waals surface area contributed by atoms with E-state index in [2.05, 4.69) is 25.9 Å². The second-order valence-corrected chi connectivity index (χ2v) is 9.27. The molecule has 0 unspecified atom stereocenters. The molecule has 10 heteroatoms. The summed E-state index contributed by atoms with van der Waals surface area (Å²) in [5.74, 6) is -0.400. The number of benzene rings is 1. The number of ketones is 1. The van der Waals surface area contributed by atoms with Crippen molar-refractivity contribution in [2.24, 2.45) is 0 Å². The van der Waals surface area contributed by atoms with Crippen molar-refractivity contribution in [3.05, 3.63) is 80.8 Å². The Kier molecular flexibility index (Phi) is 8.09. The van der Waals surface area contributed by atoms with Gasteiger partial charge in [0.1, 0.15) is 5.15 Å². The van der Waals surface area contributed by atoms with Gasteiger partial charge < -0.3 is 4.98 Å². The highest BCUT2D eigenvalue weighted by Gasteiger charge is 2.17. The molecular formula is C18H14BrCl3N2O3S. The number of hydrogen-bond acceptors (Lipinski definition) is 4. The highest BCUT2D eigenvalue weighted by atomic mass is 79.9. The molecule has 28 heavy (non-hydrogen) atoms. The molecule has 0 radical (unpaired) electrons. The molecule has 0 fully saturated rings. The van der Waals surface area contributed by atoms with E-state index in [1.54, 1.807) is 6.07 Å². The Bertz CT molecular complexity index is 1080. The average molecular weight is 525 g/mol. The Morgan fingerprint density at radius 2 is 1.79 bits per heavy atom. The fourth-order valence-electron chi connectivity index (χ4n) is 2.08. The maximum atomic E-state index is 12.1. The van der Waals surface area contributed by atoms with Crippen LogP contribution in [-0.4, -0.2) is 30.4 Å². The first-order valence-electron chi connectivity index (χ1n) is 7.67. The van der Waals surface area contributed by atoms with Crippen LogP contribution in [0.4, 0.5) is 0 Å². The molecule has 3 aromatic rings. The molecule has 0 amide bonds. The zero-order valence-electron chi connectivity index (χ0n) is 14.4. The number of halogens is 4. The molecule has 0 spiro atoms. The molecule has 3 rings (SSSR count). The van der Waals surface area contributed by atoms with Crippen LogP contribution in [0.5, 0.6) is 0 Å². The number of carbonyl (C=O) groups is 1. The summed E-state index contributed by atoms with van der Waals surface area (Å²) in [6.07, 6.45) is 3.81. The molecule has 0 atom stereocenters. The molecule has 0 bridgehead atoms.